The van der Waals surface area contributed by atoms with Gasteiger partial charge in [0, 0.05) is 30.6 Å². The summed E-state index contributed by atoms with van der Waals surface area (Å²) in [6.07, 6.45) is 3.91. The lowest BCUT2D eigenvalue weighted by atomic mass is 9.94. The topological polar surface area (TPSA) is 74.1 Å². The number of halogens is 1. The number of rotatable bonds is 4. The average molecular weight is 458 g/mol. The second-order valence-electron chi connectivity index (χ2n) is 9.34. The van der Waals surface area contributed by atoms with Crippen LogP contribution in [-0.2, 0) is 26.5 Å². The van der Waals surface area contributed by atoms with Gasteiger partial charge in [-0.2, -0.15) is 4.39 Å². The molecule has 1 aliphatic heterocycles. The molecule has 170 valence electrons. The third kappa shape index (κ3) is 4.41. The summed E-state index contributed by atoms with van der Waals surface area (Å²) in [6.45, 7) is 11.7. The van der Waals surface area contributed by atoms with Gasteiger partial charge in [-0.25, -0.2) is 18.4 Å². The highest BCUT2D eigenvalue weighted by atomic mass is 32.2. The zero-order chi connectivity index (χ0) is 23.1. The van der Waals surface area contributed by atoms with Crippen molar-refractivity contribution < 1.29 is 17.5 Å². The van der Waals surface area contributed by atoms with Gasteiger partial charge in [-0.1, -0.05) is 27.4 Å². The Bertz CT molecular complexity index is 1280. The third-order valence-corrected chi connectivity index (χ3v) is 7.56. The molecule has 1 unspecified atom stereocenters. The van der Waals surface area contributed by atoms with Gasteiger partial charge in [0.1, 0.15) is 5.82 Å². The van der Waals surface area contributed by atoms with Crippen LogP contribution in [0.1, 0.15) is 45.9 Å². The molecule has 1 atom stereocenters. The van der Waals surface area contributed by atoms with E-state index in [1.54, 1.807) is 18.2 Å². The van der Waals surface area contributed by atoms with Crippen molar-refractivity contribution in [2.24, 2.45) is 5.92 Å². The van der Waals surface area contributed by atoms with Crippen LogP contribution in [0, 0.1) is 11.9 Å². The van der Waals surface area contributed by atoms with Gasteiger partial charge in [0.2, 0.25) is 15.8 Å². The molecular formula is C24H28FN3O3S. The van der Waals surface area contributed by atoms with Crippen molar-refractivity contribution in [1.82, 2.24) is 14.5 Å². The predicted molar refractivity (Wildman–Crippen MR) is 121 cm³/mol. The van der Waals surface area contributed by atoms with Crippen molar-refractivity contribution in [2.75, 3.05) is 6.61 Å². The van der Waals surface area contributed by atoms with Gasteiger partial charge in [-0.3, -0.25) is 0 Å². The van der Waals surface area contributed by atoms with Crippen LogP contribution in [0.5, 0.6) is 0 Å². The molecule has 0 bridgehead atoms. The number of nitrogens with zero attached hydrogens (tertiary/aromatic N) is 3. The summed E-state index contributed by atoms with van der Waals surface area (Å²) < 4.78 is 47.5. The summed E-state index contributed by atoms with van der Waals surface area (Å²) in [5.41, 5.74) is 1.27. The van der Waals surface area contributed by atoms with E-state index in [0.29, 0.717) is 18.0 Å². The summed E-state index contributed by atoms with van der Waals surface area (Å²) in [5.74, 6) is 1.32. The number of benzene rings is 1. The minimum absolute atomic E-state index is 0.0832. The Balaban J connectivity index is 1.77. The molecule has 4 rings (SSSR count). The minimum atomic E-state index is -3.89. The maximum absolute atomic E-state index is 13.5. The average Bonchev–Trinajstić information content (AvgIpc) is 2.97. The van der Waals surface area contributed by atoms with Crippen LogP contribution in [0.4, 0.5) is 4.39 Å². The Morgan fingerprint density at radius 3 is 2.66 bits per heavy atom. The van der Waals surface area contributed by atoms with E-state index in [9.17, 15) is 12.8 Å². The van der Waals surface area contributed by atoms with Crippen LogP contribution < -0.4 is 0 Å². The van der Waals surface area contributed by atoms with E-state index < -0.39 is 15.8 Å². The van der Waals surface area contributed by atoms with E-state index in [1.165, 1.54) is 6.07 Å². The van der Waals surface area contributed by atoms with Crippen molar-refractivity contribution in [1.29, 1.82) is 0 Å². The van der Waals surface area contributed by atoms with Crippen LogP contribution in [0.3, 0.4) is 0 Å². The fourth-order valence-corrected chi connectivity index (χ4v) is 5.39. The molecule has 2 aromatic heterocycles. The molecule has 1 fully saturated rings. The summed E-state index contributed by atoms with van der Waals surface area (Å²) in [7, 11) is -3.89. The van der Waals surface area contributed by atoms with Crippen molar-refractivity contribution in [3.8, 4) is 0 Å². The highest BCUT2D eigenvalue weighted by molar-refractivity contribution is 7.91. The molecule has 0 spiro atoms. The first-order valence-electron chi connectivity index (χ1n) is 10.7. The SMILES string of the molecule is C=C1CCC(Cn2c(C(C)(C)C)nc3cc(S(=O)(=O)c4ccnc(F)c4)ccc32)CCO1. The Hall–Kier alpha value is -2.74. The Morgan fingerprint density at radius 1 is 1.19 bits per heavy atom. The summed E-state index contributed by atoms with van der Waals surface area (Å²) in [4.78, 5) is 8.24. The van der Waals surface area contributed by atoms with Gasteiger partial charge in [0.25, 0.3) is 0 Å². The molecule has 0 N–H and O–H groups in total. The van der Waals surface area contributed by atoms with Gasteiger partial charge in [-0.15, -0.1) is 0 Å². The Morgan fingerprint density at radius 2 is 1.94 bits per heavy atom. The Labute approximate surface area is 188 Å². The smallest absolute Gasteiger partial charge is 0.214 e. The number of allylic oxidation sites excluding steroid dienone is 1. The molecule has 1 aliphatic rings. The van der Waals surface area contributed by atoms with Crippen LogP contribution in [0.2, 0.25) is 0 Å². The second kappa shape index (κ2) is 8.31. The molecule has 1 aromatic carbocycles. The van der Waals surface area contributed by atoms with Gasteiger partial charge in [0.05, 0.1) is 33.2 Å². The van der Waals surface area contributed by atoms with Crippen molar-refractivity contribution >= 4 is 20.9 Å². The molecule has 0 amide bonds. The summed E-state index contributed by atoms with van der Waals surface area (Å²) in [5, 5.41) is 0. The van der Waals surface area contributed by atoms with Gasteiger partial charge >= 0.3 is 0 Å². The zero-order valence-corrected chi connectivity index (χ0v) is 19.5. The molecule has 0 radical (unpaired) electrons. The first-order valence-corrected chi connectivity index (χ1v) is 12.2. The van der Waals surface area contributed by atoms with Crippen LogP contribution >= 0.6 is 0 Å². The largest absolute Gasteiger partial charge is 0.499 e. The van der Waals surface area contributed by atoms with Crippen LogP contribution in [-0.4, -0.2) is 29.6 Å². The molecule has 3 aromatic rings. The first-order chi connectivity index (χ1) is 15.1. The van der Waals surface area contributed by atoms with Crippen molar-refractivity contribution in [3.05, 3.63) is 60.6 Å². The number of ether oxygens (including phenoxy) is 1. The molecule has 3 heterocycles. The lowest BCUT2D eigenvalue weighted by Gasteiger charge is -2.23. The fourth-order valence-electron chi connectivity index (χ4n) is 4.11. The molecule has 0 saturated carbocycles. The highest BCUT2D eigenvalue weighted by Crippen LogP contribution is 2.32. The zero-order valence-electron chi connectivity index (χ0n) is 18.6. The number of hydrogen-bond donors (Lipinski definition) is 0. The quantitative estimate of drug-likeness (QED) is 0.514. The van der Waals surface area contributed by atoms with Crippen LogP contribution in [0.25, 0.3) is 11.0 Å². The number of pyridine rings is 1. The number of aromatic nitrogens is 3. The first kappa shape index (κ1) is 22.5. The summed E-state index contributed by atoms with van der Waals surface area (Å²) in [6, 6.07) is 7.17. The van der Waals surface area contributed by atoms with Gasteiger partial charge in [-0.05, 0) is 43.0 Å². The summed E-state index contributed by atoms with van der Waals surface area (Å²) >= 11 is 0. The highest BCUT2D eigenvalue weighted by Gasteiger charge is 2.27. The van der Waals surface area contributed by atoms with E-state index in [0.717, 1.165) is 55.2 Å². The Kier molecular flexibility index (Phi) is 5.83. The van der Waals surface area contributed by atoms with E-state index in [2.05, 4.69) is 36.9 Å². The fraction of sp³-hybridized carbons (Fsp3) is 0.417. The van der Waals surface area contributed by atoms with Crippen molar-refractivity contribution in [3.63, 3.8) is 0 Å². The molecule has 6 nitrogen and oxygen atoms in total. The normalized spacial score (nSPS) is 17.9. The lowest BCUT2D eigenvalue weighted by Crippen LogP contribution is -2.22. The number of imidazole rings is 1. The van der Waals surface area contributed by atoms with Gasteiger partial charge in [0.15, 0.2) is 0 Å². The second-order valence-corrected chi connectivity index (χ2v) is 11.3. The predicted octanol–water partition coefficient (Wildman–Crippen LogP) is 5.03. The lowest BCUT2D eigenvalue weighted by molar-refractivity contribution is 0.205. The number of hydrogen-bond acceptors (Lipinski definition) is 5. The molecule has 8 heteroatoms. The third-order valence-electron chi connectivity index (χ3n) is 5.81. The monoisotopic (exact) mass is 457 g/mol. The number of fused-ring (bicyclic) bond motifs is 1. The van der Waals surface area contributed by atoms with E-state index in [-0.39, 0.29) is 15.2 Å². The van der Waals surface area contributed by atoms with Crippen molar-refractivity contribution in [2.45, 2.75) is 61.8 Å². The molecule has 1 saturated heterocycles. The molecule has 32 heavy (non-hydrogen) atoms. The van der Waals surface area contributed by atoms with E-state index in [1.807, 2.05) is 0 Å². The minimum Gasteiger partial charge on any atom is -0.499 e. The van der Waals surface area contributed by atoms with Gasteiger partial charge < -0.3 is 9.30 Å². The standard InChI is InChI=1S/C24H28FN3O3S/c1-16-5-6-17(10-12-31-16)15-28-21-8-7-18(13-20(21)27-23(28)24(2,3)4)32(29,30)19-9-11-26-22(25)14-19/h7-9,11,13-14,17H,1,5-6,10,12,15H2,2-4H3. The molecule has 0 aliphatic carbocycles. The van der Waals surface area contributed by atoms with E-state index >= 15 is 0 Å². The van der Waals surface area contributed by atoms with E-state index in [4.69, 9.17) is 9.72 Å². The van der Waals surface area contributed by atoms with Crippen LogP contribution in [0.15, 0.2) is 58.7 Å². The maximum Gasteiger partial charge on any atom is 0.214 e. The maximum atomic E-state index is 13.5. The molecular weight excluding hydrogens is 429 g/mol. The number of sulfone groups is 1.